The van der Waals surface area contributed by atoms with E-state index in [1.165, 1.54) is 10.4 Å². The van der Waals surface area contributed by atoms with Crippen molar-refractivity contribution in [1.29, 1.82) is 0 Å². The van der Waals surface area contributed by atoms with Crippen molar-refractivity contribution in [1.82, 2.24) is 4.31 Å². The van der Waals surface area contributed by atoms with E-state index in [9.17, 15) is 21.6 Å². The molecule has 2 aliphatic heterocycles. The highest BCUT2D eigenvalue weighted by Gasteiger charge is 2.47. The predicted octanol–water partition coefficient (Wildman–Crippen LogP) is 1.34. The Morgan fingerprint density at radius 3 is 2.62 bits per heavy atom. The molecule has 2 fully saturated rings. The number of piperidine rings is 1. The quantitative estimate of drug-likeness (QED) is 0.830. The van der Waals surface area contributed by atoms with Crippen LogP contribution in [0.4, 0.5) is 0 Å². The molecule has 1 unspecified atom stereocenters. The van der Waals surface area contributed by atoms with E-state index in [1.807, 2.05) is 0 Å². The van der Waals surface area contributed by atoms with E-state index >= 15 is 0 Å². The molecule has 10 heteroatoms. The molecule has 0 radical (unpaired) electrons. The summed E-state index contributed by atoms with van der Waals surface area (Å²) in [5, 5.41) is 9.06. The van der Waals surface area contributed by atoms with E-state index in [0.717, 1.165) is 11.3 Å². The Balaban J connectivity index is 1.92. The summed E-state index contributed by atoms with van der Waals surface area (Å²) in [7, 11) is -6.92. The Labute approximate surface area is 145 Å². The summed E-state index contributed by atoms with van der Waals surface area (Å²) in [4.78, 5) is 11.5. The lowest BCUT2D eigenvalue weighted by atomic mass is 9.80. The normalized spacial score (nSPS) is 27.5. The average Bonchev–Trinajstić information content (AvgIpc) is 3.00. The molecule has 3 rings (SSSR count). The maximum atomic E-state index is 12.9. The standard InChI is InChI=1S/C14H19NO6S3/c1-10-12(7-11(22-10)13(16)17)24(20,21)15-5-2-3-14(8-15)4-6-23(18,19)9-14/h7H,2-6,8-9H2,1H3,(H,16,17). The van der Waals surface area contributed by atoms with Crippen LogP contribution >= 0.6 is 11.3 Å². The largest absolute Gasteiger partial charge is 0.477 e. The first-order chi connectivity index (χ1) is 11.0. The van der Waals surface area contributed by atoms with Crippen LogP contribution in [0.25, 0.3) is 0 Å². The summed E-state index contributed by atoms with van der Waals surface area (Å²) >= 11 is 0.936. The van der Waals surface area contributed by atoms with Crippen molar-refractivity contribution in [3.8, 4) is 0 Å². The smallest absolute Gasteiger partial charge is 0.345 e. The number of aromatic carboxylic acids is 1. The molecular weight excluding hydrogens is 374 g/mol. The number of carbonyl (C=O) groups is 1. The molecule has 2 aliphatic rings. The molecule has 7 nitrogen and oxygen atoms in total. The van der Waals surface area contributed by atoms with Crippen LogP contribution in [0, 0.1) is 12.3 Å². The number of carboxylic acids is 1. The predicted molar refractivity (Wildman–Crippen MR) is 89.7 cm³/mol. The van der Waals surface area contributed by atoms with Crippen LogP contribution in [0.2, 0.25) is 0 Å². The van der Waals surface area contributed by atoms with Crippen LogP contribution < -0.4 is 0 Å². The molecule has 1 N–H and O–H groups in total. The van der Waals surface area contributed by atoms with E-state index in [-0.39, 0.29) is 27.8 Å². The third kappa shape index (κ3) is 3.12. The third-order valence-electron chi connectivity index (χ3n) is 4.80. The van der Waals surface area contributed by atoms with Crippen LogP contribution in [-0.4, -0.2) is 56.8 Å². The number of sulfonamides is 1. The summed E-state index contributed by atoms with van der Waals surface area (Å²) in [5.41, 5.74) is -0.496. The Morgan fingerprint density at radius 2 is 2.08 bits per heavy atom. The van der Waals surface area contributed by atoms with Gasteiger partial charge >= 0.3 is 5.97 Å². The number of hydrogen-bond donors (Lipinski definition) is 1. The van der Waals surface area contributed by atoms with Crippen molar-refractivity contribution in [2.24, 2.45) is 5.41 Å². The van der Waals surface area contributed by atoms with E-state index in [2.05, 4.69) is 0 Å². The van der Waals surface area contributed by atoms with Gasteiger partial charge in [0.25, 0.3) is 0 Å². The van der Waals surface area contributed by atoms with E-state index in [1.54, 1.807) is 6.92 Å². The zero-order valence-corrected chi connectivity index (χ0v) is 15.6. The van der Waals surface area contributed by atoms with Gasteiger partial charge in [-0.1, -0.05) is 0 Å². The van der Waals surface area contributed by atoms with Gasteiger partial charge in [0.2, 0.25) is 10.0 Å². The highest BCUT2D eigenvalue weighted by molar-refractivity contribution is 7.91. The SMILES string of the molecule is Cc1sc(C(=O)O)cc1S(=O)(=O)N1CCCC2(CCS(=O)(=O)C2)C1. The summed E-state index contributed by atoms with van der Waals surface area (Å²) in [6.07, 6.45) is 1.81. The molecule has 0 aliphatic carbocycles. The van der Waals surface area contributed by atoms with Crippen LogP contribution in [-0.2, 0) is 19.9 Å². The fourth-order valence-corrected chi connectivity index (χ4v) is 8.83. The van der Waals surface area contributed by atoms with Crippen LogP contribution in [0.1, 0.15) is 33.8 Å². The van der Waals surface area contributed by atoms with Crippen molar-refractivity contribution in [3.63, 3.8) is 0 Å². The fraction of sp³-hybridized carbons (Fsp3) is 0.643. The van der Waals surface area contributed by atoms with Gasteiger partial charge in [0.15, 0.2) is 9.84 Å². The van der Waals surface area contributed by atoms with Crippen molar-refractivity contribution in [3.05, 3.63) is 15.8 Å². The minimum Gasteiger partial charge on any atom is -0.477 e. The summed E-state index contributed by atoms with van der Waals surface area (Å²) in [6, 6.07) is 1.20. The molecule has 0 aromatic carbocycles. The van der Waals surface area contributed by atoms with Gasteiger partial charge in [-0.25, -0.2) is 21.6 Å². The highest BCUT2D eigenvalue weighted by atomic mass is 32.2. The highest BCUT2D eigenvalue weighted by Crippen LogP contribution is 2.42. The number of sulfone groups is 1. The molecule has 1 atom stereocenters. The van der Waals surface area contributed by atoms with Crippen LogP contribution in [0.5, 0.6) is 0 Å². The zero-order chi connectivity index (χ0) is 17.8. The van der Waals surface area contributed by atoms with Crippen molar-refractivity contribution < 1.29 is 26.7 Å². The van der Waals surface area contributed by atoms with Gasteiger partial charge in [-0.3, -0.25) is 0 Å². The Morgan fingerprint density at radius 1 is 1.38 bits per heavy atom. The minimum absolute atomic E-state index is 0.0127. The average molecular weight is 394 g/mol. The molecule has 134 valence electrons. The van der Waals surface area contributed by atoms with Crippen molar-refractivity contribution in [2.45, 2.75) is 31.1 Å². The molecule has 24 heavy (non-hydrogen) atoms. The first kappa shape index (κ1) is 17.8. The van der Waals surface area contributed by atoms with Gasteiger partial charge in [-0.05, 0) is 37.7 Å². The second-order valence-corrected chi connectivity index (χ2v) is 12.0. The van der Waals surface area contributed by atoms with E-state index < -0.39 is 31.2 Å². The number of aryl methyl sites for hydroxylation is 1. The molecule has 0 saturated carbocycles. The van der Waals surface area contributed by atoms with Crippen molar-refractivity contribution in [2.75, 3.05) is 24.6 Å². The number of hydrogen-bond acceptors (Lipinski definition) is 6. The monoisotopic (exact) mass is 393 g/mol. The van der Waals surface area contributed by atoms with E-state index in [4.69, 9.17) is 5.11 Å². The molecule has 3 heterocycles. The number of thiophene rings is 1. The Kier molecular flexibility index (Phi) is 4.30. The fourth-order valence-electron chi connectivity index (χ4n) is 3.64. The number of nitrogens with zero attached hydrogens (tertiary/aromatic N) is 1. The van der Waals surface area contributed by atoms with Gasteiger partial charge in [0.1, 0.15) is 4.88 Å². The molecule has 2 saturated heterocycles. The maximum Gasteiger partial charge on any atom is 0.345 e. The lowest BCUT2D eigenvalue weighted by Crippen LogP contribution is -2.46. The first-order valence-corrected chi connectivity index (χ1v) is 11.7. The molecule has 1 spiro atoms. The van der Waals surface area contributed by atoms with E-state index in [0.29, 0.717) is 30.7 Å². The molecule has 1 aromatic heterocycles. The first-order valence-electron chi connectivity index (χ1n) is 7.59. The summed E-state index contributed by atoms with van der Waals surface area (Å²) in [5.74, 6) is -1.00. The molecule has 1 aromatic rings. The van der Waals surface area contributed by atoms with Crippen LogP contribution in [0.3, 0.4) is 0 Å². The number of carboxylic acid groups (broad SMARTS) is 1. The Bertz CT molecular complexity index is 886. The van der Waals surface area contributed by atoms with Crippen molar-refractivity contribution >= 4 is 37.2 Å². The van der Waals surface area contributed by atoms with Gasteiger partial charge in [-0.15, -0.1) is 11.3 Å². The molecule has 0 amide bonds. The maximum absolute atomic E-state index is 12.9. The second-order valence-electron chi connectivity index (χ2n) is 6.62. The summed E-state index contributed by atoms with van der Waals surface area (Å²) in [6.45, 7) is 2.11. The molecular formula is C14H19NO6S3. The lowest BCUT2D eigenvalue weighted by molar-refractivity contribution is 0.0702. The van der Waals surface area contributed by atoms with Gasteiger partial charge in [0, 0.05) is 18.0 Å². The second kappa shape index (κ2) is 5.79. The number of rotatable bonds is 3. The third-order valence-corrected chi connectivity index (χ3v) is 9.81. The van der Waals surface area contributed by atoms with Gasteiger partial charge in [0.05, 0.1) is 16.4 Å². The van der Waals surface area contributed by atoms with Gasteiger partial charge < -0.3 is 5.11 Å². The summed E-state index contributed by atoms with van der Waals surface area (Å²) < 4.78 is 50.9. The molecule has 0 bridgehead atoms. The topological polar surface area (TPSA) is 109 Å². The lowest BCUT2D eigenvalue weighted by Gasteiger charge is -2.38. The Hall–Kier alpha value is -0.970. The minimum atomic E-state index is -3.82. The van der Waals surface area contributed by atoms with Crippen LogP contribution in [0.15, 0.2) is 11.0 Å². The van der Waals surface area contributed by atoms with Gasteiger partial charge in [-0.2, -0.15) is 4.31 Å². The zero-order valence-electron chi connectivity index (χ0n) is 13.2.